The maximum atomic E-state index is 12.7. The molecular formula is C25H20N6O5. The summed E-state index contributed by atoms with van der Waals surface area (Å²) in [5, 5.41) is 13.4. The van der Waals surface area contributed by atoms with Crippen LogP contribution in [0.25, 0.3) is 11.2 Å². The van der Waals surface area contributed by atoms with Gasteiger partial charge < -0.3 is 15.2 Å². The molecule has 4 aromatic rings. The molecular weight excluding hydrogens is 464 g/mol. The lowest BCUT2D eigenvalue weighted by atomic mass is 10.1. The zero-order chi connectivity index (χ0) is 24.8. The van der Waals surface area contributed by atoms with Crippen LogP contribution in [0.2, 0.25) is 0 Å². The molecule has 1 saturated heterocycles. The van der Waals surface area contributed by atoms with E-state index in [0.29, 0.717) is 27.9 Å². The fourth-order valence-corrected chi connectivity index (χ4v) is 4.56. The van der Waals surface area contributed by atoms with Crippen molar-refractivity contribution in [1.82, 2.24) is 24.4 Å². The number of aromatic nitrogens is 4. The summed E-state index contributed by atoms with van der Waals surface area (Å²) in [6, 6.07) is 15.3. The molecule has 4 heterocycles. The van der Waals surface area contributed by atoms with Crippen LogP contribution in [-0.4, -0.2) is 66.0 Å². The second-order valence-electron chi connectivity index (χ2n) is 8.57. The molecule has 1 fully saturated rings. The van der Waals surface area contributed by atoms with Crippen LogP contribution in [0.1, 0.15) is 43.7 Å². The molecule has 2 aromatic heterocycles. The summed E-state index contributed by atoms with van der Waals surface area (Å²) in [5.41, 5.74) is 1.93. The van der Waals surface area contributed by atoms with Gasteiger partial charge in [0.1, 0.15) is 18.7 Å². The number of rotatable bonds is 5. The topological polar surface area (TPSA) is 140 Å². The minimum atomic E-state index is -0.921. The number of anilines is 1. The van der Waals surface area contributed by atoms with E-state index in [2.05, 4.69) is 20.3 Å². The number of benzene rings is 2. The van der Waals surface area contributed by atoms with Gasteiger partial charge in [0.05, 0.1) is 30.1 Å². The number of imidazole rings is 1. The SMILES string of the molecule is O=C(Nc1ncnc2c1ncn2[C@H]1CC(O)[C@@H](CN2C(=O)c3ccccc3C2=O)O1)c1ccccc1. The number of nitrogens with zero attached hydrogens (tertiary/aromatic N) is 5. The first-order valence-electron chi connectivity index (χ1n) is 11.3. The fourth-order valence-electron chi connectivity index (χ4n) is 4.56. The van der Waals surface area contributed by atoms with Gasteiger partial charge in [0.2, 0.25) is 0 Å². The number of nitrogens with one attached hydrogen (secondary N) is 1. The molecule has 0 bridgehead atoms. The van der Waals surface area contributed by atoms with Crippen molar-refractivity contribution in [2.45, 2.75) is 24.9 Å². The standard InChI is InChI=1S/C25H20N6O5/c32-17-10-19(36-18(17)11-30-24(34)15-8-4-5-9-16(15)25(30)35)31-13-28-20-21(26-12-27-22(20)31)29-23(33)14-6-2-1-3-7-14/h1-9,12-13,17-19,32H,10-11H2,(H,26,27,29,33)/t17?,18-,19-/m1/s1. The summed E-state index contributed by atoms with van der Waals surface area (Å²) < 4.78 is 7.69. The van der Waals surface area contributed by atoms with Crippen LogP contribution in [0, 0.1) is 0 Å². The van der Waals surface area contributed by atoms with Gasteiger partial charge in [-0.25, -0.2) is 15.0 Å². The van der Waals surface area contributed by atoms with E-state index in [1.54, 1.807) is 53.1 Å². The quantitative estimate of drug-likeness (QED) is 0.410. The van der Waals surface area contributed by atoms with Crippen molar-refractivity contribution in [3.63, 3.8) is 0 Å². The molecule has 180 valence electrons. The van der Waals surface area contributed by atoms with Gasteiger partial charge in [0.15, 0.2) is 17.0 Å². The largest absolute Gasteiger partial charge is 0.390 e. The van der Waals surface area contributed by atoms with Crippen LogP contribution in [0.5, 0.6) is 0 Å². The molecule has 3 atom stereocenters. The van der Waals surface area contributed by atoms with E-state index in [1.807, 2.05) is 6.07 Å². The van der Waals surface area contributed by atoms with Crippen molar-refractivity contribution < 1.29 is 24.2 Å². The number of hydrogen-bond donors (Lipinski definition) is 2. The Kier molecular flexibility index (Phi) is 5.28. The predicted molar refractivity (Wildman–Crippen MR) is 126 cm³/mol. The number of ether oxygens (including phenoxy) is 1. The Balaban J connectivity index is 1.21. The van der Waals surface area contributed by atoms with Gasteiger partial charge in [-0.3, -0.25) is 23.9 Å². The maximum Gasteiger partial charge on any atom is 0.261 e. The third-order valence-electron chi connectivity index (χ3n) is 6.38. The van der Waals surface area contributed by atoms with E-state index in [0.717, 1.165) is 4.90 Å². The molecule has 3 amide bonds. The number of imide groups is 1. The normalized spacial score (nSPS) is 21.2. The minimum Gasteiger partial charge on any atom is -0.390 e. The molecule has 2 aliphatic heterocycles. The highest BCUT2D eigenvalue weighted by atomic mass is 16.5. The van der Waals surface area contributed by atoms with E-state index in [-0.39, 0.29) is 24.7 Å². The van der Waals surface area contributed by atoms with Gasteiger partial charge in [0.25, 0.3) is 17.7 Å². The van der Waals surface area contributed by atoms with Crippen LogP contribution >= 0.6 is 0 Å². The first-order valence-corrected chi connectivity index (χ1v) is 11.3. The van der Waals surface area contributed by atoms with Crippen molar-refractivity contribution in [2.75, 3.05) is 11.9 Å². The molecule has 0 radical (unpaired) electrons. The summed E-state index contributed by atoms with van der Waals surface area (Å²) in [5.74, 6) is -0.906. The molecule has 6 rings (SSSR count). The molecule has 36 heavy (non-hydrogen) atoms. The Morgan fingerprint density at radius 1 is 1.00 bits per heavy atom. The lowest BCUT2D eigenvalue weighted by molar-refractivity contribution is -0.0275. The monoisotopic (exact) mass is 484 g/mol. The average molecular weight is 484 g/mol. The van der Waals surface area contributed by atoms with E-state index >= 15 is 0 Å². The molecule has 11 heteroatoms. The van der Waals surface area contributed by atoms with Gasteiger partial charge >= 0.3 is 0 Å². The average Bonchev–Trinajstić information content (AvgIpc) is 3.56. The van der Waals surface area contributed by atoms with E-state index in [4.69, 9.17) is 4.74 Å². The first kappa shape index (κ1) is 22.0. The number of carbonyl (C=O) groups is 3. The summed E-state index contributed by atoms with van der Waals surface area (Å²) in [7, 11) is 0. The van der Waals surface area contributed by atoms with Crippen molar-refractivity contribution in [3.05, 3.63) is 83.9 Å². The Morgan fingerprint density at radius 3 is 2.42 bits per heavy atom. The predicted octanol–water partition coefficient (Wildman–Crippen LogP) is 2.02. The smallest absolute Gasteiger partial charge is 0.261 e. The zero-order valence-electron chi connectivity index (χ0n) is 18.8. The molecule has 2 N–H and O–H groups in total. The van der Waals surface area contributed by atoms with E-state index < -0.39 is 30.3 Å². The van der Waals surface area contributed by atoms with Gasteiger partial charge in [-0.15, -0.1) is 0 Å². The van der Waals surface area contributed by atoms with Crippen LogP contribution in [0.15, 0.2) is 67.3 Å². The molecule has 0 spiro atoms. The van der Waals surface area contributed by atoms with Crippen LogP contribution in [0.3, 0.4) is 0 Å². The van der Waals surface area contributed by atoms with E-state index in [1.165, 1.54) is 12.7 Å². The van der Waals surface area contributed by atoms with Crippen LogP contribution < -0.4 is 5.32 Å². The van der Waals surface area contributed by atoms with Gasteiger partial charge in [-0.05, 0) is 24.3 Å². The first-order chi connectivity index (χ1) is 17.5. The number of amides is 3. The molecule has 0 saturated carbocycles. The molecule has 11 nitrogen and oxygen atoms in total. The second kappa shape index (κ2) is 8.63. The van der Waals surface area contributed by atoms with Gasteiger partial charge in [-0.1, -0.05) is 30.3 Å². The molecule has 1 unspecified atom stereocenters. The highest BCUT2D eigenvalue weighted by Gasteiger charge is 2.42. The highest BCUT2D eigenvalue weighted by Crippen LogP contribution is 2.33. The zero-order valence-corrected chi connectivity index (χ0v) is 18.8. The number of carbonyl (C=O) groups excluding carboxylic acids is 3. The Bertz CT molecular complexity index is 1470. The summed E-state index contributed by atoms with van der Waals surface area (Å²) in [4.78, 5) is 51.9. The van der Waals surface area contributed by atoms with Crippen LogP contribution in [-0.2, 0) is 4.74 Å². The summed E-state index contributed by atoms with van der Waals surface area (Å²) in [6.45, 7) is -0.0794. The molecule has 2 aliphatic rings. The second-order valence-corrected chi connectivity index (χ2v) is 8.57. The number of aliphatic hydroxyl groups is 1. The van der Waals surface area contributed by atoms with Crippen molar-refractivity contribution in [2.24, 2.45) is 0 Å². The Labute approximate surface area is 204 Å². The summed E-state index contributed by atoms with van der Waals surface area (Å²) in [6.07, 6.45) is 0.666. The third kappa shape index (κ3) is 3.61. The highest BCUT2D eigenvalue weighted by molar-refractivity contribution is 6.21. The van der Waals surface area contributed by atoms with Gasteiger partial charge in [0, 0.05) is 12.0 Å². The fraction of sp³-hybridized carbons (Fsp3) is 0.200. The number of aliphatic hydroxyl groups excluding tert-OH is 1. The molecule has 2 aromatic carbocycles. The number of hydrogen-bond acceptors (Lipinski definition) is 8. The third-order valence-corrected chi connectivity index (χ3v) is 6.38. The van der Waals surface area contributed by atoms with E-state index in [9.17, 15) is 19.5 Å². The lowest BCUT2D eigenvalue weighted by Crippen LogP contribution is -2.40. The minimum absolute atomic E-state index is 0.0794. The number of fused-ring (bicyclic) bond motifs is 2. The Morgan fingerprint density at radius 2 is 1.69 bits per heavy atom. The Hall–Kier alpha value is -4.48. The molecule has 0 aliphatic carbocycles. The van der Waals surface area contributed by atoms with Crippen molar-refractivity contribution in [1.29, 1.82) is 0 Å². The van der Waals surface area contributed by atoms with Crippen molar-refractivity contribution in [3.8, 4) is 0 Å². The summed E-state index contributed by atoms with van der Waals surface area (Å²) >= 11 is 0. The van der Waals surface area contributed by atoms with Crippen LogP contribution in [0.4, 0.5) is 5.82 Å². The van der Waals surface area contributed by atoms with Crippen molar-refractivity contribution >= 4 is 34.7 Å². The lowest BCUT2D eigenvalue weighted by Gasteiger charge is -2.21. The maximum absolute atomic E-state index is 12.7. The van der Waals surface area contributed by atoms with Gasteiger partial charge in [-0.2, -0.15) is 0 Å².